The number of para-hydroxylation sites is 3. The van der Waals surface area contributed by atoms with E-state index in [4.69, 9.17) is 9.15 Å². The Morgan fingerprint density at radius 2 is 0.845 bits per heavy atom. The molecule has 2 aliphatic rings. The topological polar surface area (TPSA) is 28.9 Å². The van der Waals surface area contributed by atoms with Crippen LogP contribution in [-0.4, -0.2) is 0 Å². The van der Waals surface area contributed by atoms with Gasteiger partial charge in [-0.15, -0.1) is 0 Å². The predicted molar refractivity (Wildman–Crippen MR) is 291 cm³/mol. The Morgan fingerprint density at radius 1 is 0.310 bits per heavy atom. The summed E-state index contributed by atoms with van der Waals surface area (Å²) in [5, 5.41) is 2.06. The van der Waals surface area contributed by atoms with Crippen LogP contribution in [0.25, 0.3) is 55.3 Å². The highest BCUT2D eigenvalue weighted by Crippen LogP contribution is 2.64. The largest absolute Gasteiger partial charge is 0.456 e. The van der Waals surface area contributed by atoms with Crippen molar-refractivity contribution in [2.24, 2.45) is 0 Å². The van der Waals surface area contributed by atoms with Crippen LogP contribution < -0.4 is 14.5 Å². The summed E-state index contributed by atoms with van der Waals surface area (Å²) in [6.45, 7) is 0. The summed E-state index contributed by atoms with van der Waals surface area (Å²) in [4.78, 5) is 4.74. The van der Waals surface area contributed by atoms with Crippen molar-refractivity contribution in [1.82, 2.24) is 0 Å². The van der Waals surface area contributed by atoms with E-state index < -0.39 is 5.41 Å². The van der Waals surface area contributed by atoms with Gasteiger partial charge in [-0.2, -0.15) is 0 Å². The zero-order valence-electron chi connectivity index (χ0n) is 38.6. The Balaban J connectivity index is 1.06. The number of hydrogen-bond donors (Lipinski definition) is 0. The molecule has 1 aliphatic carbocycles. The molecule has 334 valence electrons. The number of ether oxygens (including phenoxy) is 1. The van der Waals surface area contributed by atoms with Crippen LogP contribution in [0.15, 0.2) is 271 Å². The zero-order chi connectivity index (χ0) is 46.9. The van der Waals surface area contributed by atoms with E-state index in [2.05, 4.69) is 277 Å². The van der Waals surface area contributed by atoms with Gasteiger partial charge in [-0.1, -0.05) is 182 Å². The monoisotopic (exact) mass is 908 g/mol. The fourth-order valence-corrected chi connectivity index (χ4v) is 11.5. The highest BCUT2D eigenvalue weighted by atomic mass is 16.5. The lowest BCUT2D eigenvalue weighted by atomic mass is 9.65. The Labute approximate surface area is 412 Å². The van der Waals surface area contributed by atoms with Crippen molar-refractivity contribution in [2.45, 2.75) is 5.41 Å². The molecule has 11 aromatic carbocycles. The number of furan rings is 1. The van der Waals surface area contributed by atoms with Gasteiger partial charge in [0.25, 0.3) is 0 Å². The molecule has 0 radical (unpaired) electrons. The smallest absolute Gasteiger partial charge is 0.140 e. The fraction of sp³-hybridized carbons (Fsp3) is 0.0149. The van der Waals surface area contributed by atoms with E-state index in [9.17, 15) is 0 Å². The Bertz CT molecular complexity index is 3870. The van der Waals surface area contributed by atoms with Gasteiger partial charge in [0.2, 0.25) is 0 Å². The first-order valence-corrected chi connectivity index (χ1v) is 24.2. The maximum Gasteiger partial charge on any atom is 0.140 e. The molecular formula is C67H44N2O2. The third kappa shape index (κ3) is 6.39. The molecule has 0 saturated carbocycles. The second kappa shape index (κ2) is 16.4. The lowest BCUT2D eigenvalue weighted by molar-refractivity contribution is 0.438. The van der Waals surface area contributed by atoms with E-state index in [-0.39, 0.29) is 0 Å². The first kappa shape index (κ1) is 40.7. The number of fused-ring (bicyclic) bond motifs is 12. The van der Waals surface area contributed by atoms with E-state index in [1.807, 2.05) is 0 Å². The summed E-state index contributed by atoms with van der Waals surface area (Å²) in [7, 11) is 0. The van der Waals surface area contributed by atoms with E-state index in [1.165, 1.54) is 27.8 Å². The van der Waals surface area contributed by atoms with Crippen molar-refractivity contribution >= 4 is 56.1 Å². The summed E-state index contributed by atoms with van der Waals surface area (Å²) in [5.74, 6) is 1.71. The number of hydrogen-bond acceptors (Lipinski definition) is 4. The lowest BCUT2D eigenvalue weighted by Crippen LogP contribution is -2.32. The van der Waals surface area contributed by atoms with Crippen molar-refractivity contribution in [3.63, 3.8) is 0 Å². The van der Waals surface area contributed by atoms with Gasteiger partial charge >= 0.3 is 0 Å². The van der Waals surface area contributed by atoms with E-state index in [1.54, 1.807) is 0 Å². The molecule has 1 spiro atoms. The standard InChI is InChI=1S/C67H44N2O2/c1-5-20-45(21-6-1)46-36-38-50(39-37-46)68(51-40-41-62-56(42-51)65-61(33-19-35-64(65)70-62)69(48-24-9-3-10-25-48)49-26-11-4-12-27-49)52-43-55(47-22-7-2-8-23-47)66-60(44-52)67(59-32-17-18-34-63(59)71-66)57-30-15-13-28-53(57)54-29-14-16-31-58(54)67/h1-44H. The normalized spacial score (nSPS) is 12.7. The van der Waals surface area contributed by atoms with Crippen LogP contribution in [0, 0.1) is 0 Å². The first-order valence-electron chi connectivity index (χ1n) is 24.2. The number of anilines is 6. The average Bonchev–Trinajstić information content (AvgIpc) is 3.97. The van der Waals surface area contributed by atoms with Gasteiger partial charge < -0.3 is 19.0 Å². The van der Waals surface area contributed by atoms with Gasteiger partial charge in [0, 0.05) is 50.5 Å². The summed E-state index contributed by atoms with van der Waals surface area (Å²) in [5.41, 5.74) is 18.7. The molecular weight excluding hydrogens is 865 g/mol. The molecule has 0 saturated heterocycles. The highest BCUT2D eigenvalue weighted by molar-refractivity contribution is 6.14. The second-order valence-corrected chi connectivity index (χ2v) is 18.4. The molecule has 71 heavy (non-hydrogen) atoms. The van der Waals surface area contributed by atoms with E-state index in [0.717, 1.165) is 95.4 Å². The minimum Gasteiger partial charge on any atom is -0.456 e. The molecule has 0 fully saturated rings. The van der Waals surface area contributed by atoms with Crippen LogP contribution >= 0.6 is 0 Å². The van der Waals surface area contributed by atoms with E-state index >= 15 is 0 Å². The molecule has 4 nitrogen and oxygen atoms in total. The van der Waals surface area contributed by atoms with Gasteiger partial charge in [-0.05, 0) is 124 Å². The molecule has 4 heteroatoms. The molecule has 14 rings (SSSR count). The maximum atomic E-state index is 7.26. The van der Waals surface area contributed by atoms with Crippen molar-refractivity contribution < 1.29 is 9.15 Å². The van der Waals surface area contributed by atoms with Gasteiger partial charge in [-0.25, -0.2) is 0 Å². The van der Waals surface area contributed by atoms with Gasteiger partial charge in [-0.3, -0.25) is 0 Å². The lowest BCUT2D eigenvalue weighted by Gasteiger charge is -2.41. The molecule has 0 amide bonds. The highest BCUT2D eigenvalue weighted by Gasteiger charge is 2.52. The van der Waals surface area contributed by atoms with Gasteiger partial charge in [0.05, 0.1) is 16.5 Å². The van der Waals surface area contributed by atoms with Crippen LogP contribution in [0.1, 0.15) is 22.3 Å². The first-order chi connectivity index (χ1) is 35.2. The number of rotatable bonds is 8. The Hall–Kier alpha value is -9.38. The molecule has 2 heterocycles. The number of nitrogens with zero attached hydrogens (tertiary/aromatic N) is 2. The molecule has 1 aliphatic heterocycles. The van der Waals surface area contributed by atoms with E-state index in [0.29, 0.717) is 0 Å². The Kier molecular flexibility index (Phi) is 9.39. The van der Waals surface area contributed by atoms with Crippen LogP contribution in [0.3, 0.4) is 0 Å². The van der Waals surface area contributed by atoms with Crippen molar-refractivity contribution in [3.8, 4) is 44.9 Å². The summed E-state index contributed by atoms with van der Waals surface area (Å²) in [6, 6.07) is 95.7. The fourth-order valence-electron chi connectivity index (χ4n) is 11.5. The molecule has 0 N–H and O–H groups in total. The summed E-state index contributed by atoms with van der Waals surface area (Å²) < 4.78 is 14.0. The molecule has 12 aromatic rings. The summed E-state index contributed by atoms with van der Waals surface area (Å²) in [6.07, 6.45) is 0. The predicted octanol–water partition coefficient (Wildman–Crippen LogP) is 18.3. The third-order valence-corrected chi connectivity index (χ3v) is 14.5. The van der Waals surface area contributed by atoms with Crippen molar-refractivity contribution in [1.29, 1.82) is 0 Å². The maximum absolute atomic E-state index is 7.26. The minimum atomic E-state index is -0.683. The quantitative estimate of drug-likeness (QED) is 0.152. The van der Waals surface area contributed by atoms with Gasteiger partial charge in [0.15, 0.2) is 0 Å². The van der Waals surface area contributed by atoms with Crippen LogP contribution in [0.5, 0.6) is 11.5 Å². The van der Waals surface area contributed by atoms with Gasteiger partial charge in [0.1, 0.15) is 22.7 Å². The number of benzene rings is 11. The van der Waals surface area contributed by atoms with Crippen molar-refractivity contribution in [3.05, 3.63) is 289 Å². The van der Waals surface area contributed by atoms with Crippen LogP contribution in [0.4, 0.5) is 34.1 Å². The summed E-state index contributed by atoms with van der Waals surface area (Å²) >= 11 is 0. The zero-order valence-corrected chi connectivity index (χ0v) is 38.6. The van der Waals surface area contributed by atoms with Crippen molar-refractivity contribution in [2.75, 3.05) is 9.80 Å². The molecule has 1 aromatic heterocycles. The Morgan fingerprint density at radius 3 is 1.51 bits per heavy atom. The molecule has 0 unspecified atom stereocenters. The minimum absolute atomic E-state index is 0.683. The molecule has 0 bridgehead atoms. The van der Waals surface area contributed by atoms with Crippen LogP contribution in [0.2, 0.25) is 0 Å². The third-order valence-electron chi connectivity index (χ3n) is 14.5. The molecule has 0 atom stereocenters. The average molecular weight is 909 g/mol. The SMILES string of the molecule is c1ccc(-c2ccc(N(c3cc(-c4ccccc4)c4c(c3)C3(c5ccccc5O4)c4ccccc4-c4ccccc43)c3ccc4oc5cccc(N(c6ccccc6)c6ccccc6)c5c4c3)cc2)cc1. The van der Waals surface area contributed by atoms with Crippen LogP contribution in [-0.2, 0) is 5.41 Å². The second-order valence-electron chi connectivity index (χ2n) is 18.4.